The maximum atomic E-state index is 13.0. The average molecular weight is 477 g/mol. The molecular weight excluding hydrogens is 444 g/mol. The van der Waals surface area contributed by atoms with E-state index in [4.69, 9.17) is 21.7 Å². The molecule has 0 radical (unpaired) electrons. The molecule has 0 fully saturated rings. The number of ketones is 1. The van der Waals surface area contributed by atoms with Gasteiger partial charge in [0.05, 0.1) is 13.7 Å². The lowest BCUT2D eigenvalue weighted by Gasteiger charge is -2.19. The maximum absolute atomic E-state index is 13.0. The molecule has 0 saturated carbocycles. The second kappa shape index (κ2) is 11.2. The fourth-order valence-electron chi connectivity index (χ4n) is 3.48. The van der Waals surface area contributed by atoms with Gasteiger partial charge in [-0.1, -0.05) is 63.2 Å². The molecule has 3 rings (SSSR count). The van der Waals surface area contributed by atoms with Crippen molar-refractivity contribution in [2.75, 3.05) is 19.0 Å². The molecule has 34 heavy (non-hydrogen) atoms. The summed E-state index contributed by atoms with van der Waals surface area (Å²) in [6.45, 7) is 9.48. The van der Waals surface area contributed by atoms with Crippen LogP contribution < -0.4 is 20.1 Å². The summed E-state index contributed by atoms with van der Waals surface area (Å²) in [5.41, 5.74) is 4.27. The van der Waals surface area contributed by atoms with Crippen molar-refractivity contribution in [3.05, 3.63) is 89.0 Å². The van der Waals surface area contributed by atoms with Gasteiger partial charge in [0.1, 0.15) is 0 Å². The van der Waals surface area contributed by atoms with Crippen LogP contribution >= 0.6 is 12.2 Å². The van der Waals surface area contributed by atoms with Crippen LogP contribution in [0.2, 0.25) is 0 Å². The first-order valence-corrected chi connectivity index (χ1v) is 11.7. The zero-order chi connectivity index (χ0) is 24.7. The predicted octanol–water partition coefficient (Wildman–Crippen LogP) is 6.11. The third kappa shape index (κ3) is 6.58. The highest BCUT2D eigenvalue weighted by atomic mass is 32.1. The number of hydrogen-bond acceptors (Lipinski definition) is 4. The lowest BCUT2D eigenvalue weighted by molar-refractivity contribution is 0.103. The molecule has 0 atom stereocenters. The molecule has 3 aromatic rings. The molecule has 0 amide bonds. The summed E-state index contributed by atoms with van der Waals surface area (Å²) < 4.78 is 11.0. The number of thiocarbonyl (C=S) groups is 1. The quantitative estimate of drug-likeness (QED) is 0.302. The Bertz CT molecular complexity index is 1150. The topological polar surface area (TPSA) is 59.6 Å². The van der Waals surface area contributed by atoms with Crippen molar-refractivity contribution in [3.63, 3.8) is 0 Å². The largest absolute Gasteiger partial charge is 0.493 e. The van der Waals surface area contributed by atoms with Gasteiger partial charge < -0.3 is 20.1 Å². The number of nitrogens with one attached hydrogen (secondary N) is 2. The number of rotatable bonds is 8. The molecule has 0 aliphatic heterocycles. The Kier molecular flexibility index (Phi) is 8.29. The summed E-state index contributed by atoms with van der Waals surface area (Å²) in [6.07, 6.45) is 0. The average Bonchev–Trinajstić information content (AvgIpc) is 2.82. The summed E-state index contributed by atoms with van der Waals surface area (Å²) in [6, 6.07) is 20.9. The number of benzene rings is 3. The van der Waals surface area contributed by atoms with Crippen LogP contribution in [0.3, 0.4) is 0 Å². The maximum Gasteiger partial charge on any atom is 0.193 e. The van der Waals surface area contributed by atoms with E-state index in [0.29, 0.717) is 40.9 Å². The van der Waals surface area contributed by atoms with Gasteiger partial charge in [-0.3, -0.25) is 4.79 Å². The van der Waals surface area contributed by atoms with E-state index in [1.165, 1.54) is 5.56 Å². The molecule has 0 saturated heterocycles. The number of anilines is 1. The summed E-state index contributed by atoms with van der Waals surface area (Å²) >= 11 is 5.46. The summed E-state index contributed by atoms with van der Waals surface area (Å²) in [4.78, 5) is 13.0. The highest BCUT2D eigenvalue weighted by Gasteiger charge is 2.15. The SMILES string of the molecule is CCOc1cc(CNC(=S)Nc2cccc(C(=O)c3ccc(C(C)(C)C)cc3)c2)ccc1OC. The molecule has 5 nitrogen and oxygen atoms in total. The van der Waals surface area contributed by atoms with Crippen molar-refractivity contribution in [1.82, 2.24) is 5.32 Å². The first kappa shape index (κ1) is 25.2. The number of carbonyl (C=O) groups excluding carboxylic acids is 1. The Morgan fingerprint density at radius 2 is 1.68 bits per heavy atom. The Balaban J connectivity index is 1.63. The van der Waals surface area contributed by atoms with E-state index in [1.54, 1.807) is 7.11 Å². The Hall–Kier alpha value is -3.38. The third-order valence-corrected chi connectivity index (χ3v) is 5.62. The van der Waals surface area contributed by atoms with Crippen LogP contribution in [-0.2, 0) is 12.0 Å². The van der Waals surface area contributed by atoms with E-state index in [-0.39, 0.29) is 11.2 Å². The lowest BCUT2D eigenvalue weighted by atomic mass is 9.86. The van der Waals surface area contributed by atoms with Crippen LogP contribution in [0.5, 0.6) is 11.5 Å². The number of methoxy groups -OCH3 is 1. The number of hydrogen-bond donors (Lipinski definition) is 2. The van der Waals surface area contributed by atoms with Crippen LogP contribution in [0.15, 0.2) is 66.7 Å². The van der Waals surface area contributed by atoms with Crippen molar-refractivity contribution in [2.45, 2.75) is 39.7 Å². The molecular formula is C28H32N2O3S. The smallest absolute Gasteiger partial charge is 0.193 e. The minimum absolute atomic E-state index is 0.0235. The van der Waals surface area contributed by atoms with Gasteiger partial charge in [0, 0.05) is 23.4 Å². The van der Waals surface area contributed by atoms with Gasteiger partial charge >= 0.3 is 0 Å². The molecule has 0 aliphatic carbocycles. The molecule has 6 heteroatoms. The van der Waals surface area contributed by atoms with E-state index in [0.717, 1.165) is 11.3 Å². The molecule has 178 valence electrons. The monoisotopic (exact) mass is 476 g/mol. The standard InChI is InChI=1S/C28H32N2O3S/c1-6-33-25-16-19(10-15-24(25)32-5)18-29-27(34)30-23-9-7-8-21(17-23)26(31)20-11-13-22(14-12-20)28(2,3)4/h7-17H,6,18H2,1-5H3,(H2,29,30,34). The summed E-state index contributed by atoms with van der Waals surface area (Å²) in [5, 5.41) is 6.82. The highest BCUT2D eigenvalue weighted by molar-refractivity contribution is 7.80. The van der Waals surface area contributed by atoms with Crippen molar-refractivity contribution in [1.29, 1.82) is 0 Å². The van der Waals surface area contributed by atoms with E-state index < -0.39 is 0 Å². The van der Waals surface area contributed by atoms with Crippen LogP contribution in [0, 0.1) is 0 Å². The highest BCUT2D eigenvalue weighted by Crippen LogP contribution is 2.28. The molecule has 3 aromatic carbocycles. The van der Waals surface area contributed by atoms with Gasteiger partial charge in [-0.05, 0) is 59.9 Å². The van der Waals surface area contributed by atoms with Crippen molar-refractivity contribution >= 4 is 28.8 Å². The summed E-state index contributed by atoms with van der Waals surface area (Å²) in [7, 11) is 1.62. The fourth-order valence-corrected chi connectivity index (χ4v) is 3.67. The zero-order valence-electron chi connectivity index (χ0n) is 20.4. The van der Waals surface area contributed by atoms with Crippen molar-refractivity contribution in [3.8, 4) is 11.5 Å². The molecule has 0 unspecified atom stereocenters. The van der Waals surface area contributed by atoms with Crippen LogP contribution in [0.1, 0.15) is 54.7 Å². The molecule has 0 aliphatic rings. The molecule has 0 spiro atoms. The summed E-state index contributed by atoms with van der Waals surface area (Å²) in [5.74, 6) is 1.37. The first-order valence-electron chi connectivity index (χ1n) is 11.3. The van der Waals surface area contributed by atoms with Crippen molar-refractivity contribution < 1.29 is 14.3 Å². The van der Waals surface area contributed by atoms with E-state index in [1.807, 2.05) is 73.7 Å². The molecule has 0 aromatic heterocycles. The van der Waals surface area contributed by atoms with Crippen LogP contribution in [0.25, 0.3) is 0 Å². The second-order valence-electron chi connectivity index (χ2n) is 8.96. The molecule has 2 N–H and O–H groups in total. The van der Waals surface area contributed by atoms with Gasteiger partial charge in [0.15, 0.2) is 22.4 Å². The first-order chi connectivity index (χ1) is 16.2. The van der Waals surface area contributed by atoms with Gasteiger partial charge in [-0.25, -0.2) is 0 Å². The molecule has 0 bridgehead atoms. The Morgan fingerprint density at radius 1 is 0.941 bits per heavy atom. The van der Waals surface area contributed by atoms with Crippen LogP contribution in [0.4, 0.5) is 5.69 Å². The Morgan fingerprint density at radius 3 is 2.32 bits per heavy atom. The van der Waals surface area contributed by atoms with Gasteiger partial charge in [0.2, 0.25) is 0 Å². The number of ether oxygens (including phenoxy) is 2. The van der Waals surface area contributed by atoms with E-state index in [2.05, 4.69) is 31.4 Å². The van der Waals surface area contributed by atoms with Crippen molar-refractivity contribution in [2.24, 2.45) is 0 Å². The zero-order valence-corrected chi connectivity index (χ0v) is 21.2. The van der Waals surface area contributed by atoms with Gasteiger partial charge in [-0.2, -0.15) is 0 Å². The lowest BCUT2D eigenvalue weighted by Crippen LogP contribution is -2.28. The second-order valence-corrected chi connectivity index (χ2v) is 9.37. The molecule has 0 heterocycles. The number of carbonyl (C=O) groups is 1. The van der Waals surface area contributed by atoms with Gasteiger partial charge in [-0.15, -0.1) is 0 Å². The predicted molar refractivity (Wildman–Crippen MR) is 142 cm³/mol. The Labute approximate surface area is 207 Å². The van der Waals surface area contributed by atoms with Crippen LogP contribution in [-0.4, -0.2) is 24.6 Å². The van der Waals surface area contributed by atoms with E-state index in [9.17, 15) is 4.79 Å². The normalized spacial score (nSPS) is 11.0. The van der Waals surface area contributed by atoms with Gasteiger partial charge in [0.25, 0.3) is 0 Å². The minimum Gasteiger partial charge on any atom is -0.493 e. The third-order valence-electron chi connectivity index (χ3n) is 5.38. The minimum atomic E-state index is -0.0235. The fraction of sp³-hybridized carbons (Fsp3) is 0.286. The van der Waals surface area contributed by atoms with E-state index >= 15 is 0 Å².